The topological polar surface area (TPSA) is 45.6 Å². The number of halogens is 1. The van der Waals surface area contributed by atoms with Crippen LogP contribution in [0.3, 0.4) is 0 Å². The molecule has 0 bridgehead atoms. The maximum atomic E-state index is 13.0. The van der Waals surface area contributed by atoms with E-state index in [1.807, 2.05) is 67.6 Å². The molecule has 6 heteroatoms. The first-order chi connectivity index (χ1) is 14.6. The van der Waals surface area contributed by atoms with E-state index < -0.39 is 0 Å². The van der Waals surface area contributed by atoms with Gasteiger partial charge in [-0.15, -0.1) is 0 Å². The molecule has 0 spiro atoms. The third kappa shape index (κ3) is 4.64. The molecule has 1 heterocycles. The van der Waals surface area contributed by atoms with Gasteiger partial charge in [-0.2, -0.15) is 10.1 Å². The summed E-state index contributed by atoms with van der Waals surface area (Å²) in [5, 5.41) is 6.85. The van der Waals surface area contributed by atoms with Gasteiger partial charge >= 0.3 is 0 Å². The van der Waals surface area contributed by atoms with Crippen molar-refractivity contribution in [3.63, 3.8) is 0 Å². The van der Waals surface area contributed by atoms with Crippen LogP contribution in [0.25, 0.3) is 16.3 Å². The van der Waals surface area contributed by atoms with E-state index in [9.17, 15) is 4.79 Å². The van der Waals surface area contributed by atoms with E-state index in [0.717, 1.165) is 26.9 Å². The summed E-state index contributed by atoms with van der Waals surface area (Å²) >= 11 is 7.63. The van der Waals surface area contributed by atoms with Gasteiger partial charge in [0.15, 0.2) is 0 Å². The van der Waals surface area contributed by atoms with Crippen LogP contribution in [0.1, 0.15) is 16.7 Å². The number of hydrogen-bond donors (Lipinski definition) is 0. The number of aromatic nitrogens is 1. The third-order valence-corrected chi connectivity index (χ3v) is 5.69. The average molecular weight is 432 g/mol. The zero-order chi connectivity index (χ0) is 20.9. The molecule has 0 aliphatic carbocycles. The number of nitrogens with zero attached hydrogens (tertiary/aromatic N) is 3. The number of benzene rings is 3. The number of carbonyl (C=O) groups excluding carboxylic acids is 1. The molecule has 1 aromatic heterocycles. The average Bonchev–Trinajstić information content (AvgIpc) is 3.16. The lowest BCUT2D eigenvalue weighted by molar-refractivity contribution is -0.114. The van der Waals surface area contributed by atoms with Crippen molar-refractivity contribution in [3.05, 3.63) is 101 Å². The maximum Gasteiger partial charge on any atom is 0.273 e. The van der Waals surface area contributed by atoms with Crippen LogP contribution in [-0.2, 0) is 4.79 Å². The van der Waals surface area contributed by atoms with Gasteiger partial charge in [0.05, 0.1) is 16.4 Å². The minimum absolute atomic E-state index is 0.308. The number of aryl methyl sites for hydroxylation is 1. The third-order valence-electron chi connectivity index (χ3n) is 4.36. The Kier molecular flexibility index (Phi) is 6.02. The van der Waals surface area contributed by atoms with Crippen molar-refractivity contribution >= 4 is 56.5 Å². The smallest absolute Gasteiger partial charge is 0.267 e. The van der Waals surface area contributed by atoms with Crippen molar-refractivity contribution in [2.75, 3.05) is 5.01 Å². The number of amides is 1. The molecule has 0 atom stereocenters. The quantitative estimate of drug-likeness (QED) is 0.210. The molecule has 148 valence electrons. The Bertz CT molecular complexity index is 1250. The monoisotopic (exact) mass is 431 g/mol. The molecule has 1 amide bonds. The molecule has 0 N–H and O–H groups in total. The highest BCUT2D eigenvalue weighted by Gasteiger charge is 2.17. The Balaban J connectivity index is 1.69. The van der Waals surface area contributed by atoms with Gasteiger partial charge in [-0.25, -0.2) is 4.98 Å². The molecule has 0 saturated heterocycles. The SMILES string of the molecule is Cc1ccc2nc(N(/N=C/c3ccccc3)C(=O)/C=C/c3ccccc3Cl)sc2c1. The van der Waals surface area contributed by atoms with E-state index in [0.29, 0.717) is 10.2 Å². The van der Waals surface area contributed by atoms with Crippen molar-refractivity contribution in [2.45, 2.75) is 6.92 Å². The van der Waals surface area contributed by atoms with Gasteiger partial charge in [0.2, 0.25) is 5.13 Å². The van der Waals surface area contributed by atoms with Crippen LogP contribution in [0.5, 0.6) is 0 Å². The standard InChI is InChI=1S/C24H18ClN3OS/c1-17-11-13-21-22(15-17)30-24(27-21)28(26-16-18-7-3-2-4-8-18)23(29)14-12-19-9-5-6-10-20(19)25/h2-16H,1H3/b14-12+,26-16+. The number of rotatable bonds is 5. The molecule has 0 fully saturated rings. The lowest BCUT2D eigenvalue weighted by Crippen LogP contribution is -2.23. The van der Waals surface area contributed by atoms with Crippen LogP contribution >= 0.6 is 22.9 Å². The van der Waals surface area contributed by atoms with Gasteiger partial charge < -0.3 is 0 Å². The first-order valence-electron chi connectivity index (χ1n) is 9.33. The molecule has 0 radical (unpaired) electrons. The van der Waals surface area contributed by atoms with E-state index >= 15 is 0 Å². The summed E-state index contributed by atoms with van der Waals surface area (Å²) in [7, 11) is 0. The van der Waals surface area contributed by atoms with Crippen molar-refractivity contribution in [3.8, 4) is 0 Å². The summed E-state index contributed by atoms with van der Waals surface area (Å²) in [4.78, 5) is 17.7. The van der Waals surface area contributed by atoms with Crippen LogP contribution in [0.2, 0.25) is 5.02 Å². The predicted molar refractivity (Wildman–Crippen MR) is 126 cm³/mol. The first kappa shape index (κ1) is 20.0. The van der Waals surface area contributed by atoms with E-state index in [4.69, 9.17) is 11.6 Å². The number of hydrazone groups is 1. The summed E-state index contributed by atoms with van der Waals surface area (Å²) in [5.74, 6) is -0.308. The molecule has 0 saturated carbocycles. The van der Waals surface area contributed by atoms with E-state index in [1.165, 1.54) is 22.4 Å². The zero-order valence-electron chi connectivity index (χ0n) is 16.2. The Hall–Kier alpha value is -3.28. The first-order valence-corrected chi connectivity index (χ1v) is 10.5. The van der Waals surface area contributed by atoms with Gasteiger partial charge in [-0.1, -0.05) is 77.5 Å². The van der Waals surface area contributed by atoms with Crippen molar-refractivity contribution in [2.24, 2.45) is 5.10 Å². The number of thiazole rings is 1. The fourth-order valence-electron chi connectivity index (χ4n) is 2.82. The normalized spacial score (nSPS) is 11.5. The molecule has 3 aromatic carbocycles. The highest BCUT2D eigenvalue weighted by Crippen LogP contribution is 2.30. The number of fused-ring (bicyclic) bond motifs is 1. The van der Waals surface area contributed by atoms with Crippen molar-refractivity contribution in [1.82, 2.24) is 4.98 Å². The van der Waals surface area contributed by atoms with Crippen LogP contribution in [0.4, 0.5) is 5.13 Å². The predicted octanol–water partition coefficient (Wildman–Crippen LogP) is 6.34. The molecule has 0 aliphatic rings. The van der Waals surface area contributed by atoms with Gasteiger partial charge in [0, 0.05) is 11.1 Å². The van der Waals surface area contributed by atoms with Gasteiger partial charge in [-0.05, 0) is 47.9 Å². The molecule has 0 aliphatic heterocycles. The summed E-state index contributed by atoms with van der Waals surface area (Å²) in [6.07, 6.45) is 4.80. The minimum atomic E-state index is -0.308. The summed E-state index contributed by atoms with van der Waals surface area (Å²) < 4.78 is 1.01. The van der Waals surface area contributed by atoms with Gasteiger partial charge in [-0.3, -0.25) is 4.79 Å². The van der Waals surface area contributed by atoms with Gasteiger partial charge in [0.1, 0.15) is 0 Å². The maximum absolute atomic E-state index is 13.0. The van der Waals surface area contributed by atoms with Crippen molar-refractivity contribution in [1.29, 1.82) is 0 Å². The van der Waals surface area contributed by atoms with Crippen molar-refractivity contribution < 1.29 is 4.79 Å². The highest BCUT2D eigenvalue weighted by atomic mass is 35.5. The second-order valence-corrected chi connectivity index (χ2v) is 8.04. The van der Waals surface area contributed by atoms with E-state index in [-0.39, 0.29) is 5.91 Å². The number of hydrogen-bond acceptors (Lipinski definition) is 4. The summed E-state index contributed by atoms with van der Waals surface area (Å²) in [6.45, 7) is 2.03. The fraction of sp³-hybridized carbons (Fsp3) is 0.0417. The molecule has 4 rings (SSSR count). The fourth-order valence-corrected chi connectivity index (χ4v) is 4.04. The highest BCUT2D eigenvalue weighted by molar-refractivity contribution is 7.22. The Morgan fingerprint density at radius 1 is 1.07 bits per heavy atom. The van der Waals surface area contributed by atoms with Gasteiger partial charge in [0.25, 0.3) is 5.91 Å². The summed E-state index contributed by atoms with van der Waals surface area (Å²) in [6, 6.07) is 23.0. The van der Waals surface area contributed by atoms with Crippen LogP contribution < -0.4 is 5.01 Å². The second kappa shape index (κ2) is 9.03. The minimum Gasteiger partial charge on any atom is -0.267 e. The van der Waals surface area contributed by atoms with Crippen LogP contribution in [0.15, 0.2) is 84.0 Å². The van der Waals surface area contributed by atoms with Crippen LogP contribution in [-0.4, -0.2) is 17.1 Å². The second-order valence-electron chi connectivity index (χ2n) is 6.63. The molecule has 30 heavy (non-hydrogen) atoms. The van der Waals surface area contributed by atoms with E-state index in [2.05, 4.69) is 16.2 Å². The zero-order valence-corrected chi connectivity index (χ0v) is 17.8. The Labute approximate surface area is 183 Å². The largest absolute Gasteiger partial charge is 0.273 e. The lowest BCUT2D eigenvalue weighted by Gasteiger charge is -2.11. The Morgan fingerprint density at radius 3 is 2.63 bits per heavy atom. The number of anilines is 1. The Morgan fingerprint density at radius 2 is 1.83 bits per heavy atom. The molecular weight excluding hydrogens is 414 g/mol. The molecule has 4 aromatic rings. The molecule has 0 unspecified atom stereocenters. The lowest BCUT2D eigenvalue weighted by atomic mass is 10.2. The molecule has 4 nitrogen and oxygen atoms in total. The van der Waals surface area contributed by atoms with E-state index in [1.54, 1.807) is 18.4 Å². The number of carbonyl (C=O) groups is 1. The van der Waals surface area contributed by atoms with Crippen LogP contribution in [0, 0.1) is 6.92 Å². The molecular formula is C24H18ClN3OS. The summed E-state index contributed by atoms with van der Waals surface area (Å²) in [5.41, 5.74) is 3.63.